The molecule has 8 nitrogen and oxygen atoms in total. The highest BCUT2D eigenvalue weighted by Gasteiger charge is 2.28. The lowest BCUT2D eigenvalue weighted by atomic mass is 9.96. The van der Waals surface area contributed by atoms with Crippen molar-refractivity contribution in [3.8, 4) is 0 Å². The van der Waals surface area contributed by atoms with Gasteiger partial charge in [-0.1, -0.05) is 41.6 Å². The summed E-state index contributed by atoms with van der Waals surface area (Å²) in [6, 6.07) is 15.9. The van der Waals surface area contributed by atoms with Crippen molar-refractivity contribution in [3.05, 3.63) is 78.0 Å². The lowest BCUT2D eigenvalue weighted by Crippen LogP contribution is -2.38. The average Bonchev–Trinajstić information content (AvgIpc) is 3.41. The highest BCUT2D eigenvalue weighted by Crippen LogP contribution is 2.27. The Bertz CT molecular complexity index is 1130. The molecule has 0 saturated carbocycles. The number of fused-ring (bicyclic) bond motifs is 1. The van der Waals surface area contributed by atoms with Crippen LogP contribution < -0.4 is 0 Å². The van der Waals surface area contributed by atoms with Crippen molar-refractivity contribution in [1.29, 1.82) is 0 Å². The second kappa shape index (κ2) is 7.46. The van der Waals surface area contributed by atoms with Gasteiger partial charge in [0, 0.05) is 25.2 Å². The monoisotopic (exact) mass is 387 g/mol. The molecule has 0 unspecified atom stereocenters. The molecule has 0 N–H and O–H groups in total. The molecule has 0 spiro atoms. The van der Waals surface area contributed by atoms with Crippen LogP contribution in [-0.4, -0.2) is 53.5 Å². The third-order valence-corrected chi connectivity index (χ3v) is 5.43. The molecule has 0 bridgehead atoms. The molecule has 1 amide bonds. The van der Waals surface area contributed by atoms with Gasteiger partial charge in [0.2, 0.25) is 0 Å². The molecule has 0 atom stereocenters. The van der Waals surface area contributed by atoms with Crippen molar-refractivity contribution in [2.24, 2.45) is 0 Å². The molecule has 1 aliphatic heterocycles. The fraction of sp³-hybridized carbons (Fsp3) is 0.286. The highest BCUT2D eigenvalue weighted by atomic mass is 16.2. The zero-order valence-corrected chi connectivity index (χ0v) is 15.9. The quantitative estimate of drug-likeness (QED) is 0.537. The van der Waals surface area contributed by atoms with E-state index < -0.39 is 0 Å². The summed E-state index contributed by atoms with van der Waals surface area (Å²) in [5, 5.41) is 16.8. The number of rotatable bonds is 4. The maximum atomic E-state index is 12.8. The zero-order chi connectivity index (χ0) is 19.6. The smallest absolute Gasteiger partial charge is 0.276 e. The van der Waals surface area contributed by atoms with Gasteiger partial charge >= 0.3 is 0 Å². The van der Waals surface area contributed by atoms with Crippen molar-refractivity contribution in [1.82, 2.24) is 34.5 Å². The van der Waals surface area contributed by atoms with Gasteiger partial charge in [0.1, 0.15) is 5.82 Å². The molecule has 1 aromatic carbocycles. The number of benzene rings is 1. The zero-order valence-electron chi connectivity index (χ0n) is 15.9. The van der Waals surface area contributed by atoms with Gasteiger partial charge in [-0.15, -0.1) is 15.3 Å². The van der Waals surface area contributed by atoms with E-state index in [1.165, 1.54) is 0 Å². The van der Waals surface area contributed by atoms with Crippen LogP contribution in [0.3, 0.4) is 0 Å². The molecule has 146 valence electrons. The number of amides is 1. The number of piperidine rings is 1. The van der Waals surface area contributed by atoms with E-state index in [1.807, 2.05) is 64.0 Å². The lowest BCUT2D eigenvalue weighted by molar-refractivity contribution is 0.0705. The van der Waals surface area contributed by atoms with Gasteiger partial charge in [-0.3, -0.25) is 9.20 Å². The number of nitrogens with zero attached hydrogens (tertiary/aromatic N) is 7. The summed E-state index contributed by atoms with van der Waals surface area (Å²) in [5.74, 6) is 1.21. The van der Waals surface area contributed by atoms with Crippen LogP contribution in [0, 0.1) is 0 Å². The minimum absolute atomic E-state index is 0.0612. The maximum Gasteiger partial charge on any atom is 0.276 e. The molecule has 4 aromatic rings. The van der Waals surface area contributed by atoms with Crippen molar-refractivity contribution in [2.45, 2.75) is 25.3 Å². The minimum Gasteiger partial charge on any atom is -0.337 e. The summed E-state index contributed by atoms with van der Waals surface area (Å²) < 4.78 is 3.75. The molecule has 4 heterocycles. The molecule has 1 aliphatic rings. The summed E-state index contributed by atoms with van der Waals surface area (Å²) in [6.07, 6.45) is 5.44. The molecule has 8 heteroatoms. The van der Waals surface area contributed by atoms with Crippen LogP contribution in [0.25, 0.3) is 5.65 Å². The Labute approximate surface area is 167 Å². The lowest BCUT2D eigenvalue weighted by Gasteiger charge is -2.30. The number of carbonyl (C=O) groups excluding carboxylic acids is 1. The summed E-state index contributed by atoms with van der Waals surface area (Å²) in [6.45, 7) is 1.96. The van der Waals surface area contributed by atoms with Crippen LogP contribution in [-0.2, 0) is 6.54 Å². The van der Waals surface area contributed by atoms with E-state index in [1.54, 1.807) is 10.9 Å². The first-order valence-electron chi connectivity index (χ1n) is 9.81. The normalized spacial score (nSPS) is 15.1. The van der Waals surface area contributed by atoms with Crippen LogP contribution in [0.4, 0.5) is 0 Å². The minimum atomic E-state index is -0.0612. The molecular weight excluding hydrogens is 366 g/mol. The highest BCUT2D eigenvalue weighted by molar-refractivity contribution is 5.92. The summed E-state index contributed by atoms with van der Waals surface area (Å²) in [4.78, 5) is 14.7. The van der Waals surface area contributed by atoms with Gasteiger partial charge in [-0.25, -0.2) is 4.68 Å². The number of hydrogen-bond donors (Lipinski definition) is 0. The van der Waals surface area contributed by atoms with Crippen LogP contribution in [0.5, 0.6) is 0 Å². The van der Waals surface area contributed by atoms with Crippen molar-refractivity contribution in [3.63, 3.8) is 0 Å². The van der Waals surface area contributed by atoms with E-state index in [0.29, 0.717) is 31.2 Å². The van der Waals surface area contributed by atoms with Crippen molar-refractivity contribution < 1.29 is 4.79 Å². The number of pyridine rings is 1. The number of likely N-dealkylation sites (tertiary alicyclic amines) is 1. The Morgan fingerprint density at radius 1 is 0.966 bits per heavy atom. The number of carbonyl (C=O) groups is 1. The largest absolute Gasteiger partial charge is 0.337 e. The van der Waals surface area contributed by atoms with Crippen LogP contribution in [0.15, 0.2) is 60.9 Å². The molecule has 1 fully saturated rings. The maximum absolute atomic E-state index is 12.8. The molecular formula is C21H21N7O. The number of aromatic nitrogens is 6. The predicted molar refractivity (Wildman–Crippen MR) is 106 cm³/mol. The van der Waals surface area contributed by atoms with E-state index in [0.717, 1.165) is 29.9 Å². The second-order valence-corrected chi connectivity index (χ2v) is 7.34. The first-order valence-corrected chi connectivity index (χ1v) is 9.81. The van der Waals surface area contributed by atoms with Crippen molar-refractivity contribution in [2.75, 3.05) is 13.1 Å². The molecule has 0 radical (unpaired) electrons. The SMILES string of the molecule is O=C(c1cn(Cc2ccccc2)nn1)N1CCC(c2nnc3ccccn23)CC1. The first-order chi connectivity index (χ1) is 14.3. The van der Waals surface area contributed by atoms with Crippen molar-refractivity contribution >= 4 is 11.6 Å². The molecule has 1 saturated heterocycles. The van der Waals surface area contributed by atoms with Crippen LogP contribution in [0.1, 0.15) is 40.6 Å². The number of hydrogen-bond acceptors (Lipinski definition) is 5. The van der Waals surface area contributed by atoms with E-state index >= 15 is 0 Å². The van der Waals surface area contributed by atoms with E-state index in [9.17, 15) is 4.79 Å². The fourth-order valence-electron chi connectivity index (χ4n) is 3.89. The van der Waals surface area contributed by atoms with Crippen LogP contribution in [0.2, 0.25) is 0 Å². The Morgan fingerprint density at radius 2 is 1.76 bits per heavy atom. The Morgan fingerprint density at radius 3 is 2.59 bits per heavy atom. The molecule has 5 rings (SSSR count). The van der Waals surface area contributed by atoms with Gasteiger partial charge in [-0.05, 0) is 30.5 Å². The standard InChI is InChI=1S/C21H21N7O/c29-21(18-15-27(25-22-18)14-16-6-2-1-3-7-16)26-12-9-17(10-13-26)20-24-23-19-8-4-5-11-28(19)20/h1-8,11,15,17H,9-10,12-14H2. The fourth-order valence-corrected chi connectivity index (χ4v) is 3.89. The second-order valence-electron chi connectivity index (χ2n) is 7.34. The summed E-state index contributed by atoms with van der Waals surface area (Å²) in [5.41, 5.74) is 2.38. The molecule has 0 aliphatic carbocycles. The van der Waals surface area contributed by atoms with Gasteiger partial charge < -0.3 is 4.90 Å². The summed E-state index contributed by atoms with van der Waals surface area (Å²) in [7, 11) is 0. The van der Waals surface area contributed by atoms with Gasteiger partial charge in [0.25, 0.3) is 5.91 Å². The third kappa shape index (κ3) is 3.49. The van der Waals surface area contributed by atoms with E-state index in [2.05, 4.69) is 20.5 Å². The molecule has 29 heavy (non-hydrogen) atoms. The first kappa shape index (κ1) is 17.5. The molecule has 3 aromatic heterocycles. The van der Waals surface area contributed by atoms with E-state index in [4.69, 9.17) is 0 Å². The third-order valence-electron chi connectivity index (χ3n) is 5.43. The Balaban J connectivity index is 1.23. The van der Waals surface area contributed by atoms with Gasteiger partial charge in [0.05, 0.1) is 12.7 Å². The van der Waals surface area contributed by atoms with E-state index in [-0.39, 0.29) is 5.91 Å². The van der Waals surface area contributed by atoms with Crippen LogP contribution >= 0.6 is 0 Å². The average molecular weight is 387 g/mol. The van der Waals surface area contributed by atoms with Gasteiger partial charge in [0.15, 0.2) is 11.3 Å². The topological polar surface area (TPSA) is 81.2 Å². The Kier molecular flexibility index (Phi) is 4.51. The predicted octanol–water partition coefficient (Wildman–Crippen LogP) is 2.39. The summed E-state index contributed by atoms with van der Waals surface area (Å²) >= 11 is 0. The van der Waals surface area contributed by atoms with Gasteiger partial charge in [-0.2, -0.15) is 0 Å². The Hall–Kier alpha value is -3.55.